The van der Waals surface area contributed by atoms with Gasteiger partial charge in [-0.3, -0.25) is 9.10 Å². The Hall–Kier alpha value is -2.45. The van der Waals surface area contributed by atoms with E-state index in [4.69, 9.17) is 14.6 Å². The van der Waals surface area contributed by atoms with Crippen molar-refractivity contribution in [1.82, 2.24) is 0 Å². The number of aryl methyl sites for hydroxylation is 1. The summed E-state index contributed by atoms with van der Waals surface area (Å²) in [6, 6.07) is 11.1. The molecule has 2 aromatic rings. The Morgan fingerprint density at radius 2 is 1.93 bits per heavy atom. The van der Waals surface area contributed by atoms with Crippen LogP contribution in [0.1, 0.15) is 30.5 Å². The van der Waals surface area contributed by atoms with Crippen LogP contribution in [0.3, 0.4) is 0 Å². The standard InChI is InChI=1S/C20H25FN2O4S/c1-4-16-11-17(27-13-15-9-7-6-8-10-15)20(19(21)14(16)3)23(28(22)25)12-18(24)26-5-2/h6-11H,4-5,12-13,22H2,1-3H3. The van der Waals surface area contributed by atoms with Gasteiger partial charge in [-0.2, -0.15) is 0 Å². The molecule has 0 heterocycles. The number of nitrogens with zero attached hydrogens (tertiary/aromatic N) is 1. The second-order valence-electron chi connectivity index (χ2n) is 6.07. The molecule has 0 aliphatic carbocycles. The topological polar surface area (TPSA) is 81.9 Å². The fraction of sp³-hybridized carbons (Fsp3) is 0.350. The van der Waals surface area contributed by atoms with E-state index in [9.17, 15) is 9.00 Å². The van der Waals surface area contributed by atoms with Crippen molar-refractivity contribution in [2.75, 3.05) is 17.5 Å². The van der Waals surface area contributed by atoms with E-state index in [0.29, 0.717) is 12.0 Å². The van der Waals surface area contributed by atoms with E-state index in [1.165, 1.54) is 0 Å². The number of carbonyl (C=O) groups is 1. The van der Waals surface area contributed by atoms with Crippen LogP contribution in [0, 0.1) is 12.7 Å². The predicted octanol–water partition coefficient (Wildman–Crippen LogP) is 3.18. The Bertz CT molecular complexity index is 846. The van der Waals surface area contributed by atoms with Gasteiger partial charge in [0.15, 0.2) is 17.0 Å². The highest BCUT2D eigenvalue weighted by atomic mass is 32.2. The molecule has 0 amide bonds. The lowest BCUT2D eigenvalue weighted by atomic mass is 10.0. The Kier molecular flexibility index (Phi) is 7.95. The van der Waals surface area contributed by atoms with Crippen LogP contribution in [0.4, 0.5) is 10.1 Å². The fourth-order valence-electron chi connectivity index (χ4n) is 2.76. The Labute approximate surface area is 167 Å². The average molecular weight is 408 g/mol. The lowest BCUT2D eigenvalue weighted by Gasteiger charge is -2.25. The van der Waals surface area contributed by atoms with Crippen molar-refractivity contribution in [3.05, 3.63) is 58.9 Å². The molecule has 2 rings (SSSR count). The number of ether oxygens (including phenoxy) is 2. The van der Waals surface area contributed by atoms with Gasteiger partial charge in [-0.05, 0) is 43.0 Å². The van der Waals surface area contributed by atoms with Crippen molar-refractivity contribution in [3.63, 3.8) is 0 Å². The minimum Gasteiger partial charge on any atom is -0.487 e. The largest absolute Gasteiger partial charge is 0.487 e. The van der Waals surface area contributed by atoms with E-state index in [1.54, 1.807) is 19.9 Å². The minimum atomic E-state index is -2.15. The van der Waals surface area contributed by atoms with Crippen LogP contribution in [0.5, 0.6) is 5.75 Å². The number of carbonyl (C=O) groups excluding carboxylic acids is 1. The third kappa shape index (κ3) is 5.30. The number of hydrogen-bond acceptors (Lipinski definition) is 4. The number of nitrogens with two attached hydrogens (primary N) is 1. The number of esters is 1. The van der Waals surface area contributed by atoms with Crippen molar-refractivity contribution < 1.29 is 22.9 Å². The smallest absolute Gasteiger partial charge is 0.326 e. The summed E-state index contributed by atoms with van der Waals surface area (Å²) in [5.74, 6) is -1.11. The third-order valence-corrected chi connectivity index (χ3v) is 4.97. The van der Waals surface area contributed by atoms with Crippen LogP contribution in [0.15, 0.2) is 36.4 Å². The number of hydrogen-bond donors (Lipinski definition) is 1. The molecule has 1 atom stereocenters. The van der Waals surface area contributed by atoms with Crippen LogP contribution in [0.2, 0.25) is 0 Å². The van der Waals surface area contributed by atoms with Gasteiger partial charge in [-0.25, -0.2) is 13.7 Å². The summed E-state index contributed by atoms with van der Waals surface area (Å²) < 4.78 is 39.0. The normalized spacial score (nSPS) is 11.8. The van der Waals surface area contributed by atoms with Crippen molar-refractivity contribution in [2.24, 2.45) is 5.14 Å². The molecule has 0 saturated heterocycles. The molecular formula is C20H25FN2O4S. The number of halogens is 1. The van der Waals surface area contributed by atoms with Gasteiger partial charge in [0.2, 0.25) is 0 Å². The second-order valence-corrected chi connectivity index (χ2v) is 7.06. The van der Waals surface area contributed by atoms with Crippen LogP contribution in [0.25, 0.3) is 0 Å². The first kappa shape index (κ1) is 21.8. The highest BCUT2D eigenvalue weighted by Crippen LogP contribution is 2.36. The maximum absolute atomic E-state index is 15.2. The molecule has 28 heavy (non-hydrogen) atoms. The molecule has 2 N–H and O–H groups in total. The molecule has 152 valence electrons. The van der Waals surface area contributed by atoms with E-state index in [1.807, 2.05) is 37.3 Å². The SMILES string of the molecule is CCOC(=O)CN(c1c(OCc2ccccc2)cc(CC)c(C)c1F)S(N)=O. The van der Waals surface area contributed by atoms with Gasteiger partial charge in [0.1, 0.15) is 24.6 Å². The maximum atomic E-state index is 15.2. The van der Waals surface area contributed by atoms with E-state index in [0.717, 1.165) is 15.4 Å². The van der Waals surface area contributed by atoms with Crippen molar-refractivity contribution in [2.45, 2.75) is 33.8 Å². The lowest BCUT2D eigenvalue weighted by Crippen LogP contribution is -2.37. The van der Waals surface area contributed by atoms with Gasteiger partial charge < -0.3 is 9.47 Å². The highest BCUT2D eigenvalue weighted by molar-refractivity contribution is 7.84. The number of rotatable bonds is 9. The van der Waals surface area contributed by atoms with E-state index in [2.05, 4.69) is 0 Å². The highest BCUT2D eigenvalue weighted by Gasteiger charge is 2.26. The summed E-state index contributed by atoms with van der Waals surface area (Å²) in [6.07, 6.45) is 0.592. The summed E-state index contributed by atoms with van der Waals surface area (Å²) in [5, 5.41) is 5.55. The van der Waals surface area contributed by atoms with E-state index in [-0.39, 0.29) is 24.7 Å². The molecule has 0 bridgehead atoms. The Balaban J connectivity index is 2.47. The van der Waals surface area contributed by atoms with Crippen LogP contribution >= 0.6 is 0 Å². The van der Waals surface area contributed by atoms with Gasteiger partial charge in [0, 0.05) is 0 Å². The summed E-state index contributed by atoms with van der Waals surface area (Å²) in [6.45, 7) is 5.05. The zero-order valence-corrected chi connectivity index (χ0v) is 17.1. The van der Waals surface area contributed by atoms with Gasteiger partial charge >= 0.3 is 5.97 Å². The van der Waals surface area contributed by atoms with Crippen LogP contribution in [-0.2, 0) is 33.7 Å². The molecule has 0 spiro atoms. The molecule has 8 heteroatoms. The van der Waals surface area contributed by atoms with Crippen LogP contribution in [-0.4, -0.2) is 23.3 Å². The minimum absolute atomic E-state index is 0.112. The molecular weight excluding hydrogens is 383 g/mol. The molecule has 0 aliphatic heterocycles. The molecule has 0 aromatic heterocycles. The quantitative estimate of drug-likeness (QED) is 0.646. The number of anilines is 1. The Morgan fingerprint density at radius 3 is 2.50 bits per heavy atom. The second kappa shape index (κ2) is 10.2. The van der Waals surface area contributed by atoms with Crippen molar-refractivity contribution >= 4 is 22.8 Å². The Morgan fingerprint density at radius 1 is 1.25 bits per heavy atom. The first-order chi connectivity index (χ1) is 13.4. The first-order valence-electron chi connectivity index (χ1n) is 8.97. The summed E-state index contributed by atoms with van der Waals surface area (Å²) in [5.41, 5.74) is 1.92. The lowest BCUT2D eigenvalue weighted by molar-refractivity contribution is -0.141. The molecule has 1 unspecified atom stereocenters. The summed E-state index contributed by atoms with van der Waals surface area (Å²) in [4.78, 5) is 11.9. The van der Waals surface area contributed by atoms with Crippen LogP contribution < -0.4 is 14.2 Å². The molecule has 0 fully saturated rings. The monoisotopic (exact) mass is 408 g/mol. The fourth-order valence-corrected chi connectivity index (χ4v) is 3.35. The van der Waals surface area contributed by atoms with Gasteiger partial charge in [-0.1, -0.05) is 37.3 Å². The summed E-state index contributed by atoms with van der Waals surface area (Å²) in [7, 11) is 0. The summed E-state index contributed by atoms with van der Waals surface area (Å²) >= 11 is -2.15. The molecule has 0 saturated carbocycles. The molecule has 6 nitrogen and oxygen atoms in total. The van der Waals surface area contributed by atoms with Crippen molar-refractivity contribution in [3.8, 4) is 5.75 Å². The van der Waals surface area contributed by atoms with Gasteiger partial charge in [-0.15, -0.1) is 0 Å². The zero-order valence-electron chi connectivity index (χ0n) is 16.2. The predicted molar refractivity (Wildman–Crippen MR) is 108 cm³/mol. The maximum Gasteiger partial charge on any atom is 0.326 e. The van der Waals surface area contributed by atoms with Gasteiger partial charge in [0.25, 0.3) is 0 Å². The number of benzene rings is 2. The van der Waals surface area contributed by atoms with E-state index >= 15 is 4.39 Å². The molecule has 0 radical (unpaired) electrons. The first-order valence-corrected chi connectivity index (χ1v) is 10.1. The zero-order chi connectivity index (χ0) is 20.7. The molecule has 2 aromatic carbocycles. The average Bonchev–Trinajstić information content (AvgIpc) is 2.68. The molecule has 0 aliphatic rings. The van der Waals surface area contributed by atoms with Gasteiger partial charge in [0.05, 0.1) is 6.61 Å². The third-order valence-electron chi connectivity index (χ3n) is 4.22. The van der Waals surface area contributed by atoms with E-state index < -0.39 is 29.5 Å². The van der Waals surface area contributed by atoms with Crippen molar-refractivity contribution in [1.29, 1.82) is 0 Å².